The van der Waals surface area contributed by atoms with E-state index in [2.05, 4.69) is 0 Å². The Labute approximate surface area is 314 Å². The Morgan fingerprint density at radius 2 is 1.58 bits per heavy atom. The summed E-state index contributed by atoms with van der Waals surface area (Å²) in [6.45, 7) is 19.3. The molecule has 0 N–H and O–H groups in total. The van der Waals surface area contributed by atoms with E-state index < -0.39 is 101 Å². The molecule has 0 spiro atoms. The number of ketones is 2. The van der Waals surface area contributed by atoms with E-state index in [0.29, 0.717) is 6.42 Å². The lowest BCUT2D eigenvalue weighted by molar-refractivity contribution is -0.298. The number of carbonyl (C=O) groups is 6. The summed E-state index contributed by atoms with van der Waals surface area (Å²) in [4.78, 5) is 84.9. The van der Waals surface area contributed by atoms with Gasteiger partial charge < -0.3 is 38.1 Å². The number of imide groups is 1. The van der Waals surface area contributed by atoms with Crippen LogP contribution in [0.25, 0.3) is 0 Å². The summed E-state index contributed by atoms with van der Waals surface area (Å²) >= 11 is 0. The van der Waals surface area contributed by atoms with Gasteiger partial charge in [-0.25, -0.2) is 14.5 Å². The molecule has 3 fully saturated rings. The topological polar surface area (TPSA) is 174 Å². The molecule has 3 heterocycles. The minimum absolute atomic E-state index is 0.00723. The Balaban J connectivity index is 2.20. The van der Waals surface area contributed by atoms with E-state index >= 15 is 0 Å². The minimum Gasteiger partial charge on any atom is -0.458 e. The fourth-order valence-corrected chi connectivity index (χ4v) is 8.17. The van der Waals surface area contributed by atoms with Gasteiger partial charge in [0.25, 0.3) is 0 Å². The summed E-state index contributed by atoms with van der Waals surface area (Å²) in [6.07, 6.45) is -6.06. The van der Waals surface area contributed by atoms with Crippen molar-refractivity contribution in [3.05, 3.63) is 0 Å². The predicted octanol–water partition coefficient (Wildman–Crippen LogP) is 4.70. The van der Waals surface area contributed by atoms with Crippen molar-refractivity contribution in [2.45, 2.75) is 162 Å². The SMILES string of the molecule is CC[C@H]1OC(=O)[C@H](C)C(=O)[C@H](C)[C@@H](O[C@@H]2O[C@H](C)C[C@H](N(C)C)[C@H]2OC(C)=O)[C@](C)(OC)C[C@@H](C)C(=O)[C@H](C)[C@H]2N(C(=O)OC(C)(C)C)C(=O)O[C@]12C. The molecule has 302 valence electrons. The van der Waals surface area contributed by atoms with Crippen LogP contribution in [-0.2, 0) is 52.3 Å². The van der Waals surface area contributed by atoms with Crippen LogP contribution in [0.15, 0.2) is 0 Å². The molecule has 0 aromatic carbocycles. The molecule has 0 aliphatic carbocycles. The zero-order chi connectivity index (χ0) is 40.5. The van der Waals surface area contributed by atoms with Gasteiger partial charge in [-0.1, -0.05) is 27.7 Å². The number of hydrogen-bond acceptors (Lipinski definition) is 14. The van der Waals surface area contributed by atoms with Gasteiger partial charge in [0.2, 0.25) is 0 Å². The molecule has 3 saturated heterocycles. The molecule has 3 rings (SSSR count). The van der Waals surface area contributed by atoms with Gasteiger partial charge in [-0.2, -0.15) is 0 Å². The Hall–Kier alpha value is -3.14. The van der Waals surface area contributed by atoms with Crippen LogP contribution in [0, 0.1) is 23.7 Å². The monoisotopic (exact) mass is 754 g/mol. The molecule has 0 aromatic rings. The number of rotatable bonds is 6. The Morgan fingerprint density at radius 3 is 2.09 bits per heavy atom. The van der Waals surface area contributed by atoms with Crippen molar-refractivity contribution in [1.29, 1.82) is 0 Å². The third kappa shape index (κ3) is 9.40. The van der Waals surface area contributed by atoms with Crippen molar-refractivity contribution in [3.63, 3.8) is 0 Å². The summed E-state index contributed by atoms with van der Waals surface area (Å²) in [5.41, 5.74) is -4.05. The van der Waals surface area contributed by atoms with Crippen LogP contribution in [0.2, 0.25) is 0 Å². The zero-order valence-electron chi connectivity index (χ0n) is 34.2. The number of carbonyl (C=O) groups excluding carboxylic acids is 6. The van der Waals surface area contributed by atoms with Gasteiger partial charge in [0.15, 0.2) is 23.8 Å². The number of methoxy groups -OCH3 is 1. The number of ether oxygens (including phenoxy) is 7. The number of amides is 2. The molecule has 3 aliphatic rings. The van der Waals surface area contributed by atoms with Gasteiger partial charge in [-0.15, -0.1) is 0 Å². The van der Waals surface area contributed by atoms with Gasteiger partial charge in [0.05, 0.1) is 29.9 Å². The van der Waals surface area contributed by atoms with Crippen LogP contribution in [-0.4, -0.2) is 126 Å². The van der Waals surface area contributed by atoms with E-state index in [1.165, 1.54) is 27.9 Å². The molecule has 0 bridgehead atoms. The maximum atomic E-state index is 14.5. The summed E-state index contributed by atoms with van der Waals surface area (Å²) in [6, 6.07) is -1.55. The second-order valence-electron chi connectivity index (χ2n) is 16.6. The molecular weight excluding hydrogens is 692 g/mol. The lowest BCUT2D eigenvalue weighted by atomic mass is 9.73. The first-order valence-electron chi connectivity index (χ1n) is 18.6. The van der Waals surface area contributed by atoms with Crippen LogP contribution in [0.4, 0.5) is 9.59 Å². The van der Waals surface area contributed by atoms with Crippen molar-refractivity contribution in [3.8, 4) is 0 Å². The summed E-state index contributed by atoms with van der Waals surface area (Å²) in [5.74, 6) is -6.52. The average Bonchev–Trinajstić information content (AvgIpc) is 3.33. The second kappa shape index (κ2) is 16.7. The first-order valence-corrected chi connectivity index (χ1v) is 18.6. The average molecular weight is 755 g/mol. The smallest absolute Gasteiger partial charge is 0.420 e. The summed E-state index contributed by atoms with van der Waals surface area (Å²) in [7, 11) is 5.14. The fraction of sp³-hybridized carbons (Fsp3) is 0.842. The summed E-state index contributed by atoms with van der Waals surface area (Å²) < 4.78 is 42.3. The largest absolute Gasteiger partial charge is 0.458 e. The quantitative estimate of drug-likeness (QED) is 0.207. The van der Waals surface area contributed by atoms with E-state index in [-0.39, 0.29) is 30.8 Å². The fourth-order valence-electron chi connectivity index (χ4n) is 8.17. The van der Waals surface area contributed by atoms with E-state index in [4.69, 9.17) is 33.2 Å². The first-order chi connectivity index (χ1) is 24.3. The minimum atomic E-state index is -1.69. The molecule has 3 aliphatic heterocycles. The predicted molar refractivity (Wildman–Crippen MR) is 190 cm³/mol. The molecular formula is C38H62N2O13. The molecule has 15 heteroatoms. The molecule has 15 nitrogen and oxygen atoms in total. The molecule has 0 saturated carbocycles. The molecule has 0 aromatic heterocycles. The molecule has 0 unspecified atom stereocenters. The Morgan fingerprint density at radius 1 is 0.981 bits per heavy atom. The van der Waals surface area contributed by atoms with Crippen molar-refractivity contribution < 1.29 is 61.9 Å². The highest BCUT2D eigenvalue weighted by molar-refractivity contribution is 6.00. The van der Waals surface area contributed by atoms with Gasteiger partial charge in [0.1, 0.15) is 23.4 Å². The van der Waals surface area contributed by atoms with Crippen molar-refractivity contribution in [2.75, 3.05) is 21.2 Å². The first kappa shape index (κ1) is 44.3. The van der Waals surface area contributed by atoms with E-state index in [1.54, 1.807) is 55.4 Å². The number of hydrogen-bond donors (Lipinski definition) is 0. The number of nitrogens with zero attached hydrogens (tertiary/aromatic N) is 2. The lowest BCUT2D eigenvalue weighted by Crippen LogP contribution is -2.61. The van der Waals surface area contributed by atoms with Crippen molar-refractivity contribution >= 4 is 35.7 Å². The lowest BCUT2D eigenvalue weighted by Gasteiger charge is -2.47. The highest BCUT2D eigenvalue weighted by Crippen LogP contribution is 2.43. The highest BCUT2D eigenvalue weighted by Gasteiger charge is 2.63. The van der Waals surface area contributed by atoms with Crippen LogP contribution in [0.1, 0.15) is 102 Å². The van der Waals surface area contributed by atoms with Gasteiger partial charge >= 0.3 is 24.1 Å². The standard InChI is InChI=1S/C38H62N2O13/c1-16-26-38(12)30(40(35(46)53-38)34(45)52-36(8,9)10)21(4)27(42)19(2)18-37(11,47-15)31(22(5)28(43)23(6)32(44)50-26)51-33-29(49-24(7)41)25(39(13)14)17-20(3)48-33/h19-23,25-26,29-31,33H,16-18H2,1-15H3/t19-,20-,21+,22+,23-,25+,26-,29-,30-,31-,33+,37-,38-/m1/s1. The number of esters is 2. The molecule has 53 heavy (non-hydrogen) atoms. The molecule has 0 radical (unpaired) electrons. The number of likely N-dealkylation sites (N-methyl/N-ethyl adjacent to an activating group) is 1. The van der Waals surface area contributed by atoms with E-state index in [9.17, 15) is 28.8 Å². The molecule has 2 amide bonds. The number of fused-ring (bicyclic) bond motifs is 1. The van der Waals surface area contributed by atoms with Crippen LogP contribution in [0.3, 0.4) is 0 Å². The molecule has 13 atom stereocenters. The number of Topliss-reactive ketones (excluding diaryl/α,β-unsaturated/α-hetero) is 2. The third-order valence-electron chi connectivity index (χ3n) is 10.9. The van der Waals surface area contributed by atoms with E-state index in [1.807, 2.05) is 25.9 Å². The highest BCUT2D eigenvalue weighted by atomic mass is 16.7. The van der Waals surface area contributed by atoms with Gasteiger partial charge in [0, 0.05) is 31.8 Å². The van der Waals surface area contributed by atoms with E-state index in [0.717, 1.165) is 4.90 Å². The van der Waals surface area contributed by atoms with Gasteiger partial charge in [-0.05, 0) is 81.8 Å². The number of cyclic esters (lactones) is 1. The summed E-state index contributed by atoms with van der Waals surface area (Å²) in [5, 5.41) is 0. The van der Waals surface area contributed by atoms with Gasteiger partial charge in [-0.3, -0.25) is 19.2 Å². The Kier molecular flexibility index (Phi) is 13.9. The van der Waals surface area contributed by atoms with Crippen LogP contribution >= 0.6 is 0 Å². The third-order valence-corrected chi connectivity index (χ3v) is 10.9. The second-order valence-corrected chi connectivity index (χ2v) is 16.6. The maximum absolute atomic E-state index is 14.5. The zero-order valence-corrected chi connectivity index (χ0v) is 34.2. The Bertz CT molecular complexity index is 1400. The van der Waals surface area contributed by atoms with Crippen molar-refractivity contribution in [2.24, 2.45) is 23.7 Å². The van der Waals surface area contributed by atoms with Crippen LogP contribution in [0.5, 0.6) is 0 Å². The van der Waals surface area contributed by atoms with Crippen LogP contribution < -0.4 is 0 Å². The maximum Gasteiger partial charge on any atom is 0.420 e. The normalized spacial score (nSPS) is 39.2. The van der Waals surface area contributed by atoms with Crippen molar-refractivity contribution in [1.82, 2.24) is 9.80 Å².